The first-order chi connectivity index (χ1) is 8.99. The summed E-state index contributed by atoms with van der Waals surface area (Å²) >= 11 is 6.00. The van der Waals surface area contributed by atoms with Gasteiger partial charge in [0.05, 0.1) is 24.8 Å². The van der Waals surface area contributed by atoms with Gasteiger partial charge in [-0.05, 0) is 12.1 Å². The van der Waals surface area contributed by atoms with E-state index in [9.17, 15) is 9.59 Å². The number of methoxy groups -OCH3 is 2. The van der Waals surface area contributed by atoms with Crippen LogP contribution in [-0.4, -0.2) is 31.1 Å². The Labute approximate surface area is 113 Å². The van der Waals surface area contributed by atoms with Crippen LogP contribution in [-0.2, 0) is 9.47 Å². The van der Waals surface area contributed by atoms with Gasteiger partial charge in [0.25, 0.3) is 0 Å². The van der Waals surface area contributed by atoms with Gasteiger partial charge < -0.3 is 20.2 Å². The Morgan fingerprint density at radius 2 is 1.84 bits per heavy atom. The molecule has 100 valence electrons. The number of aromatic amines is 1. The zero-order valence-electron chi connectivity index (χ0n) is 10.2. The van der Waals surface area contributed by atoms with Gasteiger partial charge in [0.2, 0.25) is 0 Å². The summed E-state index contributed by atoms with van der Waals surface area (Å²) in [7, 11) is 2.51. The number of hydrogen-bond acceptors (Lipinski definition) is 5. The van der Waals surface area contributed by atoms with Crippen molar-refractivity contribution in [2.24, 2.45) is 0 Å². The van der Waals surface area contributed by atoms with E-state index in [0.29, 0.717) is 10.9 Å². The lowest BCUT2D eigenvalue weighted by Crippen LogP contribution is -2.04. The lowest BCUT2D eigenvalue weighted by atomic mass is 10.1. The molecule has 1 heterocycles. The van der Waals surface area contributed by atoms with Gasteiger partial charge in [0, 0.05) is 10.9 Å². The van der Waals surface area contributed by atoms with Crippen LogP contribution in [0.2, 0.25) is 5.02 Å². The summed E-state index contributed by atoms with van der Waals surface area (Å²) in [6, 6.07) is 2.95. The summed E-state index contributed by atoms with van der Waals surface area (Å²) in [5.74, 6) is -0.995. The summed E-state index contributed by atoms with van der Waals surface area (Å²) < 4.78 is 9.26. The van der Waals surface area contributed by atoms with Crippen LogP contribution in [0.1, 0.15) is 20.7 Å². The van der Waals surface area contributed by atoms with Crippen molar-refractivity contribution >= 4 is 40.3 Å². The van der Waals surface area contributed by atoms with Gasteiger partial charge in [-0.3, -0.25) is 0 Å². The van der Waals surface area contributed by atoms with Gasteiger partial charge in [-0.2, -0.15) is 0 Å². The van der Waals surface area contributed by atoms with E-state index in [4.69, 9.17) is 17.3 Å². The Hall–Kier alpha value is -2.21. The molecule has 2 aromatic rings. The van der Waals surface area contributed by atoms with Gasteiger partial charge in [-0.1, -0.05) is 11.6 Å². The van der Waals surface area contributed by atoms with Gasteiger partial charge in [0.1, 0.15) is 11.4 Å². The van der Waals surface area contributed by atoms with Crippen LogP contribution in [0.4, 0.5) is 5.82 Å². The molecular formula is C12H11ClN2O4. The molecule has 0 fully saturated rings. The minimum Gasteiger partial charge on any atom is -0.465 e. The molecule has 0 aliphatic carbocycles. The number of ether oxygens (including phenoxy) is 2. The maximum atomic E-state index is 11.6. The number of nitrogens with two attached hydrogens (primary N) is 1. The molecule has 6 nitrogen and oxygen atoms in total. The zero-order valence-corrected chi connectivity index (χ0v) is 11.0. The molecule has 0 atom stereocenters. The highest BCUT2D eigenvalue weighted by Crippen LogP contribution is 2.30. The third kappa shape index (κ3) is 2.10. The molecule has 0 aliphatic rings. The van der Waals surface area contributed by atoms with E-state index in [1.165, 1.54) is 26.4 Å². The Kier molecular flexibility index (Phi) is 3.35. The number of H-pyrrole nitrogens is 1. The summed E-state index contributed by atoms with van der Waals surface area (Å²) in [5.41, 5.74) is 6.61. The quantitative estimate of drug-likeness (QED) is 0.821. The number of carbonyl (C=O) groups is 2. The first kappa shape index (κ1) is 13.2. The molecular weight excluding hydrogens is 272 g/mol. The van der Waals surface area contributed by atoms with Crippen LogP contribution in [0.15, 0.2) is 12.1 Å². The van der Waals surface area contributed by atoms with Crippen molar-refractivity contribution in [2.75, 3.05) is 20.0 Å². The van der Waals surface area contributed by atoms with Crippen molar-refractivity contribution in [1.82, 2.24) is 4.98 Å². The van der Waals surface area contributed by atoms with Gasteiger partial charge in [-0.15, -0.1) is 0 Å². The molecule has 0 bridgehead atoms. The Bertz CT molecular complexity index is 678. The molecule has 2 rings (SSSR count). The second-order valence-corrected chi connectivity index (χ2v) is 4.18. The summed E-state index contributed by atoms with van der Waals surface area (Å²) in [6.45, 7) is 0. The molecule has 1 aromatic carbocycles. The number of anilines is 1. The van der Waals surface area contributed by atoms with Crippen molar-refractivity contribution in [1.29, 1.82) is 0 Å². The Balaban J connectivity index is 2.71. The van der Waals surface area contributed by atoms with Crippen molar-refractivity contribution in [2.45, 2.75) is 0 Å². The topological polar surface area (TPSA) is 94.4 Å². The summed E-state index contributed by atoms with van der Waals surface area (Å²) in [5, 5.41) is 0.658. The second-order valence-electron chi connectivity index (χ2n) is 3.77. The molecule has 0 saturated heterocycles. The molecule has 0 amide bonds. The molecule has 7 heteroatoms. The number of halogens is 1. The van der Waals surface area contributed by atoms with E-state index < -0.39 is 11.9 Å². The smallest absolute Gasteiger partial charge is 0.342 e. The zero-order chi connectivity index (χ0) is 14.2. The Morgan fingerprint density at radius 3 is 2.42 bits per heavy atom. The molecule has 3 N–H and O–H groups in total. The minimum absolute atomic E-state index is 0.153. The lowest BCUT2D eigenvalue weighted by molar-refractivity contribution is 0.0594. The van der Waals surface area contributed by atoms with Crippen molar-refractivity contribution in [3.63, 3.8) is 0 Å². The number of hydrogen-bond donors (Lipinski definition) is 2. The first-order valence-corrected chi connectivity index (χ1v) is 5.64. The molecule has 19 heavy (non-hydrogen) atoms. The first-order valence-electron chi connectivity index (χ1n) is 5.27. The fraction of sp³-hybridized carbons (Fsp3) is 0.167. The van der Waals surface area contributed by atoms with Crippen LogP contribution < -0.4 is 5.73 Å². The van der Waals surface area contributed by atoms with E-state index in [0.717, 1.165) is 0 Å². The molecule has 1 aromatic heterocycles. The number of benzene rings is 1. The van der Waals surface area contributed by atoms with E-state index in [1.807, 2.05) is 0 Å². The largest absolute Gasteiger partial charge is 0.465 e. The van der Waals surface area contributed by atoms with E-state index in [2.05, 4.69) is 14.5 Å². The van der Waals surface area contributed by atoms with Crippen molar-refractivity contribution in [3.8, 4) is 0 Å². The standard InChI is InChI=1S/C12H11ClN2O4/c1-18-11(16)5-4-8-6(3-7(5)13)9(10(14)15-8)12(17)19-2/h3-4,15H,14H2,1-2H3. The molecule has 0 unspecified atom stereocenters. The van der Waals surface area contributed by atoms with Gasteiger partial charge >= 0.3 is 11.9 Å². The van der Waals surface area contributed by atoms with Crippen molar-refractivity contribution < 1.29 is 19.1 Å². The normalized spacial score (nSPS) is 10.5. The van der Waals surface area contributed by atoms with Crippen molar-refractivity contribution in [3.05, 3.63) is 28.3 Å². The number of carbonyl (C=O) groups excluding carboxylic acids is 2. The second kappa shape index (κ2) is 4.81. The number of esters is 2. The molecule has 0 aliphatic heterocycles. The average Bonchev–Trinajstić information content (AvgIpc) is 2.71. The minimum atomic E-state index is -0.578. The van der Waals surface area contributed by atoms with Gasteiger partial charge in [0.15, 0.2) is 0 Å². The predicted molar refractivity (Wildman–Crippen MR) is 70.4 cm³/mol. The number of nitrogen functional groups attached to an aromatic ring is 1. The molecule has 0 saturated carbocycles. The van der Waals surface area contributed by atoms with Crippen LogP contribution in [0.25, 0.3) is 10.9 Å². The number of rotatable bonds is 2. The fourth-order valence-corrected chi connectivity index (χ4v) is 2.07. The highest BCUT2D eigenvalue weighted by Gasteiger charge is 2.20. The fourth-order valence-electron chi connectivity index (χ4n) is 1.82. The average molecular weight is 283 g/mol. The highest BCUT2D eigenvalue weighted by atomic mass is 35.5. The lowest BCUT2D eigenvalue weighted by Gasteiger charge is -2.03. The Morgan fingerprint density at radius 1 is 1.21 bits per heavy atom. The predicted octanol–water partition coefficient (Wildman–Crippen LogP) is 1.98. The van der Waals surface area contributed by atoms with E-state index >= 15 is 0 Å². The van der Waals surface area contributed by atoms with E-state index in [-0.39, 0.29) is 22.0 Å². The number of fused-ring (bicyclic) bond motifs is 1. The van der Waals surface area contributed by atoms with Crippen LogP contribution >= 0.6 is 11.6 Å². The molecule has 0 radical (unpaired) electrons. The third-order valence-electron chi connectivity index (χ3n) is 2.71. The van der Waals surface area contributed by atoms with Crippen LogP contribution in [0.5, 0.6) is 0 Å². The number of aromatic nitrogens is 1. The third-order valence-corrected chi connectivity index (χ3v) is 3.02. The highest BCUT2D eigenvalue weighted by molar-refractivity contribution is 6.34. The summed E-state index contributed by atoms with van der Waals surface area (Å²) in [6.07, 6.45) is 0. The molecule has 0 spiro atoms. The SMILES string of the molecule is COC(=O)c1cc2[nH]c(N)c(C(=O)OC)c2cc1Cl. The number of nitrogens with one attached hydrogen (secondary N) is 1. The maximum Gasteiger partial charge on any atom is 0.342 e. The maximum absolute atomic E-state index is 11.6. The van der Waals surface area contributed by atoms with Crippen LogP contribution in [0.3, 0.4) is 0 Å². The monoisotopic (exact) mass is 282 g/mol. The van der Waals surface area contributed by atoms with Crippen LogP contribution in [0, 0.1) is 0 Å². The van der Waals surface area contributed by atoms with Gasteiger partial charge in [-0.25, -0.2) is 9.59 Å². The summed E-state index contributed by atoms with van der Waals surface area (Å²) in [4.78, 5) is 26.0. The van der Waals surface area contributed by atoms with E-state index in [1.54, 1.807) is 0 Å².